The fraction of sp³-hybridized carbons (Fsp3) is 0.333. The molecule has 1 aromatic rings. The van der Waals surface area contributed by atoms with Crippen molar-refractivity contribution in [1.82, 2.24) is 4.98 Å². The lowest BCUT2D eigenvalue weighted by molar-refractivity contribution is 0.535. The lowest BCUT2D eigenvalue weighted by Gasteiger charge is -2.01. The summed E-state index contributed by atoms with van der Waals surface area (Å²) in [5, 5.41) is 0. The lowest BCUT2D eigenvalue weighted by atomic mass is 10.1. The summed E-state index contributed by atoms with van der Waals surface area (Å²) in [6.45, 7) is 0. The van der Waals surface area contributed by atoms with Crippen molar-refractivity contribution in [3.05, 3.63) is 30.1 Å². The van der Waals surface area contributed by atoms with Crippen LogP contribution in [0.2, 0.25) is 0 Å². The molecule has 0 aliphatic carbocycles. The molecule has 0 aliphatic heterocycles. The topological polar surface area (TPSA) is 56.0 Å². The first-order valence-corrected chi connectivity index (χ1v) is 3.85. The van der Waals surface area contributed by atoms with E-state index >= 15 is 0 Å². The molecule has 3 nitrogen and oxygen atoms in total. The largest absolute Gasteiger partial charge is 0.321 e. The van der Waals surface area contributed by atoms with E-state index in [1.54, 1.807) is 18.7 Å². The Morgan fingerprint density at radius 1 is 1.50 bits per heavy atom. The van der Waals surface area contributed by atoms with Crippen molar-refractivity contribution in [2.75, 3.05) is 0 Å². The molecule has 2 N–H and O–H groups in total. The fourth-order valence-corrected chi connectivity index (χ4v) is 0.931. The Bertz CT molecular complexity index is 236. The molecule has 1 heterocycles. The van der Waals surface area contributed by atoms with Crippen LogP contribution in [0.3, 0.4) is 0 Å². The molecular weight excluding hydrogens is 152 g/mol. The number of aryl methyl sites for hydroxylation is 1. The van der Waals surface area contributed by atoms with E-state index in [0.29, 0.717) is 6.42 Å². The Balaban J connectivity index is 2.38. The van der Waals surface area contributed by atoms with Crippen LogP contribution < -0.4 is 5.73 Å². The summed E-state index contributed by atoms with van der Waals surface area (Å²) in [5.41, 5.74) is 6.53. The molecule has 0 fully saturated rings. The fourth-order valence-electron chi connectivity index (χ4n) is 0.931. The SMILES string of the molecule is NC([C]=O)CCc1ccncc1. The van der Waals surface area contributed by atoms with Crippen LogP contribution in [0.25, 0.3) is 0 Å². The van der Waals surface area contributed by atoms with E-state index in [2.05, 4.69) is 4.98 Å². The van der Waals surface area contributed by atoms with Crippen LogP contribution in [0.5, 0.6) is 0 Å². The normalized spacial score (nSPS) is 12.4. The summed E-state index contributed by atoms with van der Waals surface area (Å²) in [4.78, 5) is 13.9. The Morgan fingerprint density at radius 2 is 2.17 bits per heavy atom. The van der Waals surface area contributed by atoms with Gasteiger partial charge >= 0.3 is 0 Å². The van der Waals surface area contributed by atoms with Crippen LogP contribution in [0, 0.1) is 0 Å². The van der Waals surface area contributed by atoms with Gasteiger partial charge in [0.15, 0.2) is 0 Å². The Kier molecular flexibility index (Phi) is 3.41. The maximum Gasteiger partial charge on any atom is 0.216 e. The average molecular weight is 163 g/mol. The molecule has 3 heteroatoms. The van der Waals surface area contributed by atoms with Crippen LogP contribution in [0.15, 0.2) is 24.5 Å². The van der Waals surface area contributed by atoms with Gasteiger partial charge in [0.1, 0.15) is 0 Å². The van der Waals surface area contributed by atoms with E-state index in [9.17, 15) is 4.79 Å². The minimum absolute atomic E-state index is 0.460. The second kappa shape index (κ2) is 4.62. The van der Waals surface area contributed by atoms with Crippen molar-refractivity contribution in [3.63, 3.8) is 0 Å². The van der Waals surface area contributed by atoms with Gasteiger partial charge in [-0.05, 0) is 30.5 Å². The van der Waals surface area contributed by atoms with Gasteiger partial charge in [0.2, 0.25) is 6.29 Å². The third-order valence-corrected chi connectivity index (χ3v) is 1.64. The third-order valence-electron chi connectivity index (χ3n) is 1.64. The zero-order valence-electron chi connectivity index (χ0n) is 6.73. The maximum atomic E-state index is 10.1. The van der Waals surface area contributed by atoms with Crippen LogP contribution in [0.4, 0.5) is 0 Å². The summed E-state index contributed by atoms with van der Waals surface area (Å²) < 4.78 is 0. The van der Waals surface area contributed by atoms with Crippen LogP contribution in [0.1, 0.15) is 12.0 Å². The molecule has 1 unspecified atom stereocenters. The monoisotopic (exact) mass is 163 g/mol. The molecule has 12 heavy (non-hydrogen) atoms. The van der Waals surface area contributed by atoms with Crippen molar-refractivity contribution < 1.29 is 4.79 Å². The summed E-state index contributed by atoms with van der Waals surface area (Å²) in [6.07, 6.45) is 6.65. The Labute approximate surface area is 71.6 Å². The minimum atomic E-state index is -0.460. The van der Waals surface area contributed by atoms with Crippen molar-refractivity contribution in [1.29, 1.82) is 0 Å². The molecule has 1 aromatic heterocycles. The molecule has 1 radical (unpaired) electrons. The van der Waals surface area contributed by atoms with Crippen molar-refractivity contribution in [2.45, 2.75) is 18.9 Å². The summed E-state index contributed by atoms with van der Waals surface area (Å²) in [7, 11) is 0. The summed E-state index contributed by atoms with van der Waals surface area (Å²) >= 11 is 0. The minimum Gasteiger partial charge on any atom is -0.321 e. The highest BCUT2D eigenvalue weighted by Gasteiger charge is 2.00. The number of hydrogen-bond acceptors (Lipinski definition) is 3. The summed E-state index contributed by atoms with van der Waals surface area (Å²) in [5.74, 6) is 0. The molecule has 0 saturated heterocycles. The van der Waals surface area contributed by atoms with Gasteiger partial charge in [-0.3, -0.25) is 9.78 Å². The third kappa shape index (κ3) is 2.80. The Morgan fingerprint density at radius 3 is 2.75 bits per heavy atom. The van der Waals surface area contributed by atoms with Gasteiger partial charge in [0.05, 0.1) is 6.04 Å². The van der Waals surface area contributed by atoms with E-state index in [4.69, 9.17) is 5.73 Å². The molecule has 0 aliphatic rings. The standard InChI is InChI=1S/C9H11N2O/c10-9(7-12)2-1-8-3-5-11-6-4-8/h3-6,9H,1-2,10H2. The van der Waals surface area contributed by atoms with E-state index in [1.807, 2.05) is 12.1 Å². The maximum absolute atomic E-state index is 10.1. The smallest absolute Gasteiger partial charge is 0.216 e. The molecule has 63 valence electrons. The first-order chi connectivity index (χ1) is 5.83. The van der Waals surface area contributed by atoms with Crippen molar-refractivity contribution in [3.8, 4) is 0 Å². The zero-order chi connectivity index (χ0) is 8.81. The number of rotatable bonds is 4. The van der Waals surface area contributed by atoms with Gasteiger partial charge in [-0.15, -0.1) is 0 Å². The number of carbonyl (C=O) groups excluding carboxylic acids is 1. The number of hydrogen-bond donors (Lipinski definition) is 1. The van der Waals surface area contributed by atoms with Gasteiger partial charge in [-0.2, -0.15) is 0 Å². The molecule has 0 bridgehead atoms. The molecule has 0 spiro atoms. The second-order valence-electron chi connectivity index (χ2n) is 2.62. The molecule has 0 aromatic carbocycles. The molecule has 1 rings (SSSR count). The van der Waals surface area contributed by atoms with Gasteiger partial charge in [-0.1, -0.05) is 0 Å². The quantitative estimate of drug-likeness (QED) is 0.701. The van der Waals surface area contributed by atoms with Crippen molar-refractivity contribution >= 4 is 6.29 Å². The van der Waals surface area contributed by atoms with Crippen LogP contribution in [-0.4, -0.2) is 17.3 Å². The average Bonchev–Trinajstić information content (AvgIpc) is 2.16. The zero-order valence-corrected chi connectivity index (χ0v) is 6.73. The van der Waals surface area contributed by atoms with Crippen LogP contribution >= 0.6 is 0 Å². The van der Waals surface area contributed by atoms with Gasteiger partial charge in [-0.25, -0.2) is 0 Å². The van der Waals surface area contributed by atoms with Crippen molar-refractivity contribution in [2.24, 2.45) is 5.73 Å². The second-order valence-corrected chi connectivity index (χ2v) is 2.62. The number of nitrogens with zero attached hydrogens (tertiary/aromatic N) is 1. The lowest BCUT2D eigenvalue weighted by Crippen LogP contribution is -2.21. The first kappa shape index (κ1) is 8.87. The van der Waals surface area contributed by atoms with Crippen LogP contribution in [-0.2, 0) is 11.2 Å². The van der Waals surface area contributed by atoms with E-state index in [0.717, 1.165) is 12.0 Å². The van der Waals surface area contributed by atoms with Gasteiger partial charge in [0.25, 0.3) is 0 Å². The van der Waals surface area contributed by atoms with E-state index in [-0.39, 0.29) is 0 Å². The van der Waals surface area contributed by atoms with E-state index in [1.165, 1.54) is 0 Å². The van der Waals surface area contributed by atoms with E-state index < -0.39 is 6.04 Å². The number of nitrogens with two attached hydrogens (primary N) is 1. The number of aromatic nitrogens is 1. The molecular formula is C9H11N2O. The van der Waals surface area contributed by atoms with Gasteiger partial charge in [0, 0.05) is 12.4 Å². The number of pyridine rings is 1. The predicted molar refractivity (Wildman–Crippen MR) is 46.2 cm³/mol. The predicted octanol–water partition coefficient (Wildman–Crippen LogP) is 0.451. The highest BCUT2D eigenvalue weighted by Crippen LogP contribution is 2.01. The highest BCUT2D eigenvalue weighted by molar-refractivity contribution is 5.57. The van der Waals surface area contributed by atoms with Gasteiger partial charge < -0.3 is 5.73 Å². The molecule has 0 saturated carbocycles. The summed E-state index contributed by atoms with van der Waals surface area (Å²) in [6, 6.07) is 3.37. The Hall–Kier alpha value is -1.22. The first-order valence-electron chi connectivity index (χ1n) is 3.85. The molecule has 0 amide bonds. The highest BCUT2D eigenvalue weighted by atomic mass is 16.1. The molecule has 1 atom stereocenters.